The SMILES string of the molecule is CNC1CCN(C(=O)c2ncccc2C)c2ccccc21. The minimum atomic E-state index is -0.0184. The summed E-state index contributed by atoms with van der Waals surface area (Å²) in [6.45, 7) is 2.63. The van der Waals surface area contributed by atoms with E-state index in [-0.39, 0.29) is 5.91 Å². The van der Waals surface area contributed by atoms with Gasteiger partial charge in [0, 0.05) is 24.5 Å². The lowest BCUT2D eigenvalue weighted by Crippen LogP contribution is -2.39. The lowest BCUT2D eigenvalue weighted by molar-refractivity contribution is 0.0978. The van der Waals surface area contributed by atoms with Gasteiger partial charge in [-0.3, -0.25) is 9.78 Å². The Morgan fingerprint density at radius 1 is 1.29 bits per heavy atom. The van der Waals surface area contributed by atoms with Gasteiger partial charge >= 0.3 is 0 Å². The van der Waals surface area contributed by atoms with Gasteiger partial charge in [0.2, 0.25) is 0 Å². The van der Waals surface area contributed by atoms with E-state index < -0.39 is 0 Å². The molecule has 1 aromatic heterocycles. The number of carbonyl (C=O) groups excluding carboxylic acids is 1. The van der Waals surface area contributed by atoms with E-state index in [2.05, 4.69) is 16.4 Å². The van der Waals surface area contributed by atoms with E-state index in [1.54, 1.807) is 6.20 Å². The maximum Gasteiger partial charge on any atom is 0.277 e. The summed E-state index contributed by atoms with van der Waals surface area (Å²) in [7, 11) is 1.96. The molecule has 2 aromatic rings. The monoisotopic (exact) mass is 281 g/mol. The average molecular weight is 281 g/mol. The summed E-state index contributed by atoms with van der Waals surface area (Å²) in [6.07, 6.45) is 2.58. The molecule has 2 heterocycles. The van der Waals surface area contributed by atoms with Gasteiger partial charge in [0.15, 0.2) is 0 Å². The van der Waals surface area contributed by atoms with Crippen LogP contribution in [0.15, 0.2) is 42.6 Å². The fourth-order valence-corrected chi connectivity index (χ4v) is 2.91. The van der Waals surface area contributed by atoms with Crippen LogP contribution in [-0.4, -0.2) is 24.5 Å². The lowest BCUT2D eigenvalue weighted by Gasteiger charge is -2.34. The Kier molecular flexibility index (Phi) is 3.71. The summed E-state index contributed by atoms with van der Waals surface area (Å²) in [5.74, 6) is -0.0184. The van der Waals surface area contributed by atoms with Crippen molar-refractivity contribution in [2.24, 2.45) is 0 Å². The van der Waals surface area contributed by atoms with E-state index in [1.807, 2.05) is 49.2 Å². The van der Waals surface area contributed by atoms with Crippen molar-refractivity contribution in [2.75, 3.05) is 18.5 Å². The van der Waals surface area contributed by atoms with Gasteiger partial charge in [0.25, 0.3) is 5.91 Å². The third-order valence-corrected chi connectivity index (χ3v) is 4.05. The molecule has 0 aliphatic carbocycles. The standard InChI is InChI=1S/C17H19N3O/c1-12-6-5-10-19-16(12)17(21)20-11-9-14(18-2)13-7-3-4-8-15(13)20/h3-8,10,14,18H,9,11H2,1-2H3. The Labute approximate surface area is 124 Å². The van der Waals surface area contributed by atoms with Gasteiger partial charge in [-0.15, -0.1) is 0 Å². The van der Waals surface area contributed by atoms with Crippen molar-refractivity contribution in [3.8, 4) is 0 Å². The van der Waals surface area contributed by atoms with Crippen LogP contribution in [-0.2, 0) is 0 Å². The van der Waals surface area contributed by atoms with Crippen LogP contribution in [0, 0.1) is 6.92 Å². The zero-order chi connectivity index (χ0) is 14.8. The summed E-state index contributed by atoms with van der Waals surface area (Å²) >= 11 is 0. The normalized spacial score (nSPS) is 17.4. The van der Waals surface area contributed by atoms with Crippen LogP contribution in [0.5, 0.6) is 0 Å². The molecular formula is C17H19N3O. The van der Waals surface area contributed by atoms with Gasteiger partial charge in [-0.1, -0.05) is 24.3 Å². The average Bonchev–Trinajstić information content (AvgIpc) is 2.53. The summed E-state index contributed by atoms with van der Waals surface area (Å²) in [6, 6.07) is 12.2. The molecular weight excluding hydrogens is 262 g/mol. The third kappa shape index (κ3) is 2.43. The number of nitrogens with one attached hydrogen (secondary N) is 1. The first-order valence-electron chi connectivity index (χ1n) is 7.22. The first kappa shape index (κ1) is 13.8. The lowest BCUT2D eigenvalue weighted by atomic mass is 9.96. The Balaban J connectivity index is 2.01. The van der Waals surface area contributed by atoms with Gasteiger partial charge < -0.3 is 10.2 Å². The number of fused-ring (bicyclic) bond motifs is 1. The van der Waals surface area contributed by atoms with Crippen molar-refractivity contribution >= 4 is 11.6 Å². The zero-order valence-electron chi connectivity index (χ0n) is 12.3. The molecule has 108 valence electrons. The van der Waals surface area contributed by atoms with E-state index in [0.717, 1.165) is 17.7 Å². The van der Waals surface area contributed by atoms with Gasteiger partial charge in [-0.2, -0.15) is 0 Å². The Morgan fingerprint density at radius 3 is 2.86 bits per heavy atom. The van der Waals surface area contributed by atoms with Gasteiger partial charge in [0.1, 0.15) is 5.69 Å². The summed E-state index contributed by atoms with van der Waals surface area (Å²) in [5, 5.41) is 3.32. The van der Waals surface area contributed by atoms with Crippen LogP contribution in [0.3, 0.4) is 0 Å². The molecule has 1 N–H and O–H groups in total. The maximum absolute atomic E-state index is 12.8. The molecule has 0 saturated heterocycles. The fourth-order valence-electron chi connectivity index (χ4n) is 2.91. The van der Waals surface area contributed by atoms with Gasteiger partial charge in [-0.05, 0) is 43.7 Å². The Bertz CT molecular complexity index is 669. The number of anilines is 1. The number of hydrogen-bond donors (Lipinski definition) is 1. The van der Waals surface area contributed by atoms with Crippen LogP contribution < -0.4 is 10.2 Å². The highest BCUT2D eigenvalue weighted by molar-refractivity contribution is 6.06. The summed E-state index contributed by atoms with van der Waals surface area (Å²) < 4.78 is 0. The van der Waals surface area contributed by atoms with E-state index in [1.165, 1.54) is 5.56 Å². The second-order valence-corrected chi connectivity index (χ2v) is 5.31. The number of para-hydroxylation sites is 1. The smallest absolute Gasteiger partial charge is 0.277 e. The first-order chi connectivity index (χ1) is 10.2. The number of nitrogens with zero attached hydrogens (tertiary/aromatic N) is 2. The Morgan fingerprint density at radius 2 is 2.10 bits per heavy atom. The van der Waals surface area contributed by atoms with Crippen LogP contribution in [0.1, 0.15) is 34.1 Å². The maximum atomic E-state index is 12.8. The zero-order valence-corrected chi connectivity index (χ0v) is 12.3. The van der Waals surface area contributed by atoms with Crippen LogP contribution >= 0.6 is 0 Å². The van der Waals surface area contributed by atoms with Crippen molar-refractivity contribution in [2.45, 2.75) is 19.4 Å². The highest BCUT2D eigenvalue weighted by Crippen LogP contribution is 2.34. The first-order valence-corrected chi connectivity index (χ1v) is 7.22. The molecule has 1 amide bonds. The number of aromatic nitrogens is 1. The molecule has 1 aliphatic heterocycles. The number of benzene rings is 1. The molecule has 0 fully saturated rings. The predicted molar refractivity (Wildman–Crippen MR) is 83.5 cm³/mol. The van der Waals surface area contributed by atoms with Gasteiger partial charge in [-0.25, -0.2) is 0 Å². The van der Waals surface area contributed by atoms with Crippen LogP contribution in [0.25, 0.3) is 0 Å². The van der Waals surface area contributed by atoms with E-state index in [0.29, 0.717) is 18.3 Å². The molecule has 0 bridgehead atoms. The minimum absolute atomic E-state index is 0.0184. The topological polar surface area (TPSA) is 45.2 Å². The molecule has 1 aliphatic rings. The van der Waals surface area contributed by atoms with Crippen molar-refractivity contribution in [3.05, 3.63) is 59.4 Å². The van der Waals surface area contributed by atoms with E-state index in [9.17, 15) is 4.79 Å². The van der Waals surface area contributed by atoms with Crippen molar-refractivity contribution in [3.63, 3.8) is 0 Å². The number of amides is 1. The van der Waals surface area contributed by atoms with Crippen molar-refractivity contribution in [1.29, 1.82) is 0 Å². The summed E-state index contributed by atoms with van der Waals surface area (Å²) in [4.78, 5) is 18.9. The van der Waals surface area contributed by atoms with Gasteiger partial charge in [0.05, 0.1) is 0 Å². The molecule has 4 heteroatoms. The highest BCUT2D eigenvalue weighted by Gasteiger charge is 2.29. The summed E-state index contributed by atoms with van der Waals surface area (Å²) in [5.41, 5.74) is 3.61. The number of pyridine rings is 1. The fraction of sp³-hybridized carbons (Fsp3) is 0.294. The minimum Gasteiger partial charge on any atom is -0.313 e. The number of aryl methyl sites for hydroxylation is 1. The molecule has 1 aromatic carbocycles. The molecule has 3 rings (SSSR count). The quantitative estimate of drug-likeness (QED) is 0.920. The molecule has 1 unspecified atom stereocenters. The predicted octanol–water partition coefficient (Wildman–Crippen LogP) is 2.70. The molecule has 1 atom stereocenters. The molecule has 21 heavy (non-hydrogen) atoms. The number of carbonyl (C=O) groups is 1. The third-order valence-electron chi connectivity index (χ3n) is 4.05. The Hall–Kier alpha value is -2.20. The van der Waals surface area contributed by atoms with Crippen molar-refractivity contribution in [1.82, 2.24) is 10.3 Å². The van der Waals surface area contributed by atoms with E-state index >= 15 is 0 Å². The number of hydrogen-bond acceptors (Lipinski definition) is 3. The van der Waals surface area contributed by atoms with Crippen molar-refractivity contribution < 1.29 is 4.79 Å². The molecule has 0 spiro atoms. The second-order valence-electron chi connectivity index (χ2n) is 5.31. The van der Waals surface area contributed by atoms with Crippen LogP contribution in [0.2, 0.25) is 0 Å². The molecule has 0 radical (unpaired) electrons. The number of rotatable bonds is 2. The van der Waals surface area contributed by atoms with Crippen LogP contribution in [0.4, 0.5) is 5.69 Å². The molecule has 0 saturated carbocycles. The van der Waals surface area contributed by atoms with E-state index in [4.69, 9.17) is 0 Å². The second kappa shape index (κ2) is 5.66. The molecule has 4 nitrogen and oxygen atoms in total. The highest BCUT2D eigenvalue weighted by atomic mass is 16.2. The largest absolute Gasteiger partial charge is 0.313 e.